The average Bonchev–Trinajstić information content (AvgIpc) is 2.33. The van der Waals surface area contributed by atoms with E-state index in [0.29, 0.717) is 0 Å². The first kappa shape index (κ1) is 12.3. The van der Waals surface area contributed by atoms with Crippen molar-refractivity contribution in [3.05, 3.63) is 0 Å². The van der Waals surface area contributed by atoms with Crippen LogP contribution < -0.4 is 0 Å². The van der Waals surface area contributed by atoms with E-state index in [9.17, 15) is 0 Å². The Morgan fingerprint density at radius 1 is 0.733 bits per heavy atom. The minimum atomic E-state index is -0.985. The maximum absolute atomic E-state index is 2.53. The summed E-state index contributed by atoms with van der Waals surface area (Å²) in [6.45, 7) is 2.53. The molecule has 2 aliphatic rings. The van der Waals surface area contributed by atoms with Crippen LogP contribution in [0.5, 0.6) is 0 Å². The van der Waals surface area contributed by atoms with Gasteiger partial charge in [-0.3, -0.25) is 0 Å². The summed E-state index contributed by atoms with van der Waals surface area (Å²) in [6.07, 6.45) is 15.9. The predicted molar refractivity (Wildman–Crippen MR) is 69.9 cm³/mol. The van der Waals surface area contributed by atoms with E-state index in [1.807, 2.05) is 0 Å². The second-order valence-corrected chi connectivity index (χ2v) is 15.6. The van der Waals surface area contributed by atoms with E-state index < -0.39 is 19.8 Å². The molecule has 0 spiro atoms. The molecule has 1 radical (unpaired) electrons. The third-order valence-electron chi connectivity index (χ3n) is 4.67. The van der Waals surface area contributed by atoms with Gasteiger partial charge in [0.25, 0.3) is 0 Å². The Bertz CT molecular complexity index is 148. The molecule has 87 valence electrons. The van der Waals surface area contributed by atoms with Gasteiger partial charge >= 0.3 is 103 Å². The van der Waals surface area contributed by atoms with Crippen molar-refractivity contribution in [1.29, 1.82) is 0 Å². The molecular weight excluding hydrogens is 287 g/mol. The molecule has 0 amide bonds. The summed E-state index contributed by atoms with van der Waals surface area (Å²) in [6, 6.07) is 0. The maximum atomic E-state index is 2.53. The monoisotopic (exact) mass is 315 g/mol. The fourth-order valence-corrected chi connectivity index (χ4v) is 15.6. The van der Waals surface area contributed by atoms with Gasteiger partial charge in [0, 0.05) is 0 Å². The zero-order valence-electron chi connectivity index (χ0n) is 10.4. The van der Waals surface area contributed by atoms with E-state index in [0.717, 1.165) is 0 Å². The van der Waals surface area contributed by atoms with E-state index in [4.69, 9.17) is 0 Å². The van der Waals surface area contributed by atoms with Crippen molar-refractivity contribution < 1.29 is 0 Å². The Kier molecular flexibility index (Phi) is 5.32. The first-order valence-corrected chi connectivity index (χ1v) is 12.6. The average molecular weight is 314 g/mol. The summed E-state index contributed by atoms with van der Waals surface area (Å²) in [5.74, 6) is 0. The molecule has 0 aromatic carbocycles. The van der Waals surface area contributed by atoms with Crippen LogP contribution in [0.25, 0.3) is 0 Å². The Balaban J connectivity index is 1.88. The Morgan fingerprint density at radius 3 is 1.47 bits per heavy atom. The topological polar surface area (TPSA) is 0 Å². The molecule has 0 aliphatic heterocycles. The molecule has 0 N–H and O–H groups in total. The van der Waals surface area contributed by atoms with Gasteiger partial charge in [-0.1, -0.05) is 0 Å². The third-order valence-corrected chi connectivity index (χ3v) is 16.3. The number of hydrogen-bond acceptors (Lipinski definition) is 0. The molecule has 0 unspecified atom stereocenters. The van der Waals surface area contributed by atoms with E-state index in [1.165, 1.54) is 7.87 Å². The summed E-state index contributed by atoms with van der Waals surface area (Å²) in [5.41, 5.74) is 0. The van der Waals surface area contributed by atoms with Gasteiger partial charge in [-0.15, -0.1) is 0 Å². The van der Waals surface area contributed by atoms with E-state index in [-0.39, 0.29) is 0 Å². The van der Waals surface area contributed by atoms with E-state index >= 15 is 0 Å². The molecule has 2 saturated carbocycles. The van der Waals surface area contributed by atoms with Crippen molar-refractivity contribution in [3.8, 4) is 0 Å². The molecular formula is C14H27Sn. The number of hydrogen-bond donors (Lipinski definition) is 0. The molecule has 1 heteroatoms. The van der Waals surface area contributed by atoms with Gasteiger partial charge in [-0.2, -0.15) is 0 Å². The third kappa shape index (κ3) is 3.38. The molecule has 2 fully saturated rings. The van der Waals surface area contributed by atoms with Crippen LogP contribution in [0.15, 0.2) is 0 Å². The van der Waals surface area contributed by atoms with Crippen molar-refractivity contribution in [1.82, 2.24) is 0 Å². The normalized spacial score (nSPS) is 26.0. The van der Waals surface area contributed by atoms with Crippen molar-refractivity contribution in [2.24, 2.45) is 0 Å². The summed E-state index contributed by atoms with van der Waals surface area (Å²) in [7, 11) is 0. The van der Waals surface area contributed by atoms with Crippen LogP contribution >= 0.6 is 0 Å². The quantitative estimate of drug-likeness (QED) is 0.631. The van der Waals surface area contributed by atoms with Crippen LogP contribution in [-0.2, 0) is 0 Å². The molecule has 0 nitrogen and oxygen atoms in total. The first-order valence-electron chi connectivity index (χ1n) is 7.27. The predicted octanol–water partition coefficient (Wildman–Crippen LogP) is 5.17. The summed E-state index contributed by atoms with van der Waals surface area (Å²) < 4.78 is 4.25. The van der Waals surface area contributed by atoms with Gasteiger partial charge in [0.1, 0.15) is 0 Å². The minimum absolute atomic E-state index is 0.985. The Morgan fingerprint density at radius 2 is 1.13 bits per heavy atom. The molecule has 0 heterocycles. The van der Waals surface area contributed by atoms with Gasteiger partial charge in [-0.25, -0.2) is 0 Å². The van der Waals surface area contributed by atoms with Crippen molar-refractivity contribution in [2.75, 3.05) is 0 Å². The molecule has 0 aromatic rings. The Hall–Kier alpha value is 0.799. The second kappa shape index (κ2) is 6.51. The van der Waals surface area contributed by atoms with Gasteiger partial charge in [0.15, 0.2) is 0 Å². The van der Waals surface area contributed by atoms with Gasteiger partial charge in [-0.05, 0) is 0 Å². The first-order chi connectivity index (χ1) is 7.42. The number of rotatable bonds is 3. The molecule has 2 rings (SSSR count). The molecule has 0 atom stereocenters. The zero-order valence-corrected chi connectivity index (χ0v) is 13.3. The van der Waals surface area contributed by atoms with Crippen LogP contribution in [0.4, 0.5) is 0 Å². The van der Waals surface area contributed by atoms with Crippen molar-refractivity contribution in [2.45, 2.75) is 83.4 Å². The van der Waals surface area contributed by atoms with Crippen molar-refractivity contribution in [3.63, 3.8) is 0 Å². The van der Waals surface area contributed by atoms with Gasteiger partial charge < -0.3 is 0 Å². The Labute approximate surface area is 103 Å². The van der Waals surface area contributed by atoms with Gasteiger partial charge in [0.05, 0.1) is 0 Å². The van der Waals surface area contributed by atoms with Crippen LogP contribution in [-0.4, -0.2) is 19.8 Å². The molecule has 0 saturated heterocycles. The molecule has 0 aromatic heterocycles. The second-order valence-electron chi connectivity index (χ2n) is 5.60. The van der Waals surface area contributed by atoms with Crippen LogP contribution in [0, 0.1) is 0 Å². The van der Waals surface area contributed by atoms with Crippen LogP contribution in [0.1, 0.15) is 71.1 Å². The standard InChI is InChI=1S/2C6H11.C2H5.Sn/c2*1-2-4-6-5-3-1;1-2;/h2*1H,2-6H2;1H2,2H3;. The molecule has 0 bridgehead atoms. The summed E-state index contributed by atoms with van der Waals surface area (Å²) >= 11 is -0.985. The SMILES string of the molecule is C[CH2][Sn]([CH]1CCCCC1)[CH]1CCCCC1. The van der Waals surface area contributed by atoms with Crippen LogP contribution in [0.3, 0.4) is 0 Å². The molecule has 2 aliphatic carbocycles. The molecule has 15 heavy (non-hydrogen) atoms. The fraction of sp³-hybridized carbons (Fsp3) is 1.00. The summed E-state index contributed by atoms with van der Waals surface area (Å²) in [4.78, 5) is 0. The van der Waals surface area contributed by atoms with E-state index in [1.54, 1.807) is 68.6 Å². The zero-order chi connectivity index (χ0) is 10.5. The fourth-order valence-electron chi connectivity index (χ4n) is 3.86. The van der Waals surface area contributed by atoms with Gasteiger partial charge in [0.2, 0.25) is 0 Å². The summed E-state index contributed by atoms with van der Waals surface area (Å²) in [5, 5.41) is 0. The van der Waals surface area contributed by atoms with Crippen LogP contribution in [0.2, 0.25) is 12.3 Å². The van der Waals surface area contributed by atoms with E-state index in [2.05, 4.69) is 6.92 Å². The van der Waals surface area contributed by atoms with Crippen molar-refractivity contribution >= 4 is 19.8 Å².